The summed E-state index contributed by atoms with van der Waals surface area (Å²) in [7, 11) is 1.38. The molecular formula is C17H20N6O5S. The molecule has 3 N–H and O–H groups in total. The number of nitrogens with zero attached hydrogens (tertiary/aromatic N) is 3. The van der Waals surface area contributed by atoms with Crippen LogP contribution < -0.4 is 25.9 Å². The Balaban J connectivity index is 1.79. The smallest absolute Gasteiger partial charge is 0.381 e. The van der Waals surface area contributed by atoms with Gasteiger partial charge in [-0.2, -0.15) is 0 Å². The maximum absolute atomic E-state index is 12.6. The highest BCUT2D eigenvalue weighted by Gasteiger charge is 2.23. The summed E-state index contributed by atoms with van der Waals surface area (Å²) in [4.78, 5) is 26.8. The zero-order chi connectivity index (χ0) is 20.8. The Morgan fingerprint density at radius 3 is 2.66 bits per heavy atom. The molecular weight excluding hydrogens is 400 g/mol. The molecule has 1 aliphatic rings. The van der Waals surface area contributed by atoms with Crippen LogP contribution in [-0.2, 0) is 4.74 Å². The fraction of sp³-hybridized carbons (Fsp3) is 0.353. The van der Waals surface area contributed by atoms with Crippen LogP contribution in [0, 0.1) is 5.41 Å². The summed E-state index contributed by atoms with van der Waals surface area (Å²) >= 11 is 1.10. The molecule has 3 rings (SSSR count). The second-order valence-corrected chi connectivity index (χ2v) is 6.90. The van der Waals surface area contributed by atoms with Crippen molar-refractivity contribution in [1.82, 2.24) is 10.2 Å². The van der Waals surface area contributed by atoms with Gasteiger partial charge in [-0.3, -0.25) is 10.1 Å². The van der Waals surface area contributed by atoms with Crippen molar-refractivity contribution in [2.75, 3.05) is 48.9 Å². The number of amides is 1. The second-order valence-electron chi connectivity index (χ2n) is 5.92. The van der Waals surface area contributed by atoms with Crippen LogP contribution in [0.5, 0.6) is 5.75 Å². The number of hydrogen-bond acceptors (Lipinski definition) is 11. The molecule has 29 heavy (non-hydrogen) atoms. The number of anilines is 3. The van der Waals surface area contributed by atoms with Gasteiger partial charge >= 0.3 is 5.63 Å². The number of methoxy groups -OCH3 is 1. The van der Waals surface area contributed by atoms with Crippen molar-refractivity contribution in [3.8, 4) is 5.75 Å². The first-order valence-corrected chi connectivity index (χ1v) is 9.47. The SMILES string of the molecule is COc1c(N2CCOCC2)cc(C(=O)Nc2nnc(N/C(C)=C\C=N)s2)oc1=O. The Morgan fingerprint density at radius 2 is 2.00 bits per heavy atom. The molecule has 1 amide bonds. The largest absolute Gasteiger partial charge is 0.488 e. The molecule has 0 saturated carbocycles. The third-order valence-corrected chi connectivity index (χ3v) is 4.71. The Hall–Kier alpha value is -3.25. The van der Waals surface area contributed by atoms with Crippen molar-refractivity contribution in [1.29, 1.82) is 5.41 Å². The molecule has 1 fully saturated rings. The Morgan fingerprint density at radius 1 is 1.31 bits per heavy atom. The minimum absolute atomic E-state index is 0.0410. The molecule has 154 valence electrons. The molecule has 0 atom stereocenters. The molecule has 1 aliphatic heterocycles. The van der Waals surface area contributed by atoms with E-state index in [-0.39, 0.29) is 16.6 Å². The number of hydrogen-bond donors (Lipinski definition) is 3. The third-order valence-electron chi connectivity index (χ3n) is 3.95. The van der Waals surface area contributed by atoms with E-state index in [1.807, 2.05) is 4.90 Å². The van der Waals surface area contributed by atoms with Crippen LogP contribution in [0.25, 0.3) is 0 Å². The van der Waals surface area contributed by atoms with E-state index in [1.165, 1.54) is 13.2 Å². The van der Waals surface area contributed by atoms with Gasteiger partial charge in [-0.1, -0.05) is 11.3 Å². The number of aromatic nitrogens is 2. The Labute approximate surface area is 169 Å². The highest BCUT2D eigenvalue weighted by molar-refractivity contribution is 7.19. The normalized spacial score (nSPS) is 14.4. The predicted octanol–water partition coefficient (Wildman–Crippen LogP) is 1.55. The van der Waals surface area contributed by atoms with Crippen molar-refractivity contribution < 1.29 is 18.7 Å². The van der Waals surface area contributed by atoms with Crippen LogP contribution in [0.15, 0.2) is 27.1 Å². The minimum Gasteiger partial charge on any atom is -0.488 e. The number of nitrogens with one attached hydrogen (secondary N) is 3. The Bertz CT molecular complexity index is 979. The van der Waals surface area contributed by atoms with Crippen LogP contribution in [0.3, 0.4) is 0 Å². The summed E-state index contributed by atoms with van der Waals surface area (Å²) in [5.41, 5.74) is 0.434. The molecule has 0 radical (unpaired) electrons. The van der Waals surface area contributed by atoms with Crippen LogP contribution in [0.4, 0.5) is 16.0 Å². The number of ether oxygens (including phenoxy) is 2. The summed E-state index contributed by atoms with van der Waals surface area (Å²) in [5, 5.41) is 21.0. The van der Waals surface area contributed by atoms with Crippen molar-refractivity contribution in [3.63, 3.8) is 0 Å². The highest BCUT2D eigenvalue weighted by Crippen LogP contribution is 2.27. The molecule has 12 heteroatoms. The lowest BCUT2D eigenvalue weighted by Gasteiger charge is -2.29. The predicted molar refractivity (Wildman–Crippen MR) is 109 cm³/mol. The topological polar surface area (TPSA) is 143 Å². The van der Waals surface area contributed by atoms with E-state index < -0.39 is 11.5 Å². The summed E-state index contributed by atoms with van der Waals surface area (Å²) in [6.07, 6.45) is 2.70. The van der Waals surface area contributed by atoms with E-state index >= 15 is 0 Å². The monoisotopic (exact) mass is 420 g/mol. The van der Waals surface area contributed by atoms with Gasteiger partial charge in [0.1, 0.15) is 0 Å². The maximum Gasteiger partial charge on any atom is 0.381 e. The molecule has 0 aliphatic carbocycles. The van der Waals surface area contributed by atoms with Gasteiger partial charge in [0, 0.05) is 31.1 Å². The van der Waals surface area contributed by atoms with Gasteiger partial charge in [0.25, 0.3) is 5.91 Å². The lowest BCUT2D eigenvalue weighted by atomic mass is 10.2. The van der Waals surface area contributed by atoms with E-state index in [1.54, 1.807) is 13.0 Å². The molecule has 11 nitrogen and oxygen atoms in total. The summed E-state index contributed by atoms with van der Waals surface area (Å²) in [6.45, 7) is 3.92. The highest BCUT2D eigenvalue weighted by atomic mass is 32.1. The second kappa shape index (κ2) is 9.30. The lowest BCUT2D eigenvalue weighted by molar-refractivity contribution is 0.0991. The summed E-state index contributed by atoms with van der Waals surface area (Å²) in [6, 6.07) is 1.47. The van der Waals surface area contributed by atoms with Crippen molar-refractivity contribution in [3.05, 3.63) is 34.0 Å². The van der Waals surface area contributed by atoms with Crippen molar-refractivity contribution in [2.45, 2.75) is 6.92 Å². The van der Waals surface area contributed by atoms with Gasteiger partial charge in [-0.05, 0) is 13.0 Å². The van der Waals surface area contributed by atoms with Crippen LogP contribution in [0.1, 0.15) is 17.5 Å². The van der Waals surface area contributed by atoms with E-state index in [0.29, 0.717) is 42.8 Å². The number of morpholine rings is 1. The summed E-state index contributed by atoms with van der Waals surface area (Å²) in [5.74, 6) is -0.755. The van der Waals surface area contributed by atoms with E-state index in [9.17, 15) is 9.59 Å². The fourth-order valence-electron chi connectivity index (χ4n) is 2.63. The lowest BCUT2D eigenvalue weighted by Crippen LogP contribution is -2.37. The van der Waals surface area contributed by atoms with Crippen molar-refractivity contribution in [2.24, 2.45) is 0 Å². The quantitative estimate of drug-likeness (QED) is 0.569. The fourth-order valence-corrected chi connectivity index (χ4v) is 3.33. The number of allylic oxidation sites excluding steroid dienone is 2. The minimum atomic E-state index is -0.742. The van der Waals surface area contributed by atoms with Gasteiger partial charge in [0.05, 0.1) is 26.0 Å². The van der Waals surface area contributed by atoms with Gasteiger partial charge in [-0.15, -0.1) is 10.2 Å². The Kier molecular flexibility index (Phi) is 6.57. The molecule has 0 unspecified atom stereocenters. The number of carbonyl (C=O) groups excluding carboxylic acids is 1. The van der Waals surface area contributed by atoms with Crippen LogP contribution in [0.2, 0.25) is 0 Å². The number of carbonyl (C=O) groups is 1. The van der Waals surface area contributed by atoms with Crippen LogP contribution >= 0.6 is 11.3 Å². The maximum atomic E-state index is 12.6. The van der Waals surface area contributed by atoms with Gasteiger partial charge in [-0.25, -0.2) is 4.79 Å². The van der Waals surface area contributed by atoms with E-state index in [0.717, 1.165) is 17.6 Å². The van der Waals surface area contributed by atoms with E-state index in [2.05, 4.69) is 20.8 Å². The first kappa shape index (κ1) is 20.5. The molecule has 2 aromatic heterocycles. The molecule has 2 aromatic rings. The average molecular weight is 420 g/mol. The first-order chi connectivity index (χ1) is 14.0. The number of rotatable bonds is 7. The zero-order valence-electron chi connectivity index (χ0n) is 15.9. The van der Waals surface area contributed by atoms with Gasteiger partial charge in [0.2, 0.25) is 16.0 Å². The molecule has 3 heterocycles. The van der Waals surface area contributed by atoms with Gasteiger partial charge in [0.15, 0.2) is 5.76 Å². The molecule has 0 spiro atoms. The average Bonchev–Trinajstić information content (AvgIpc) is 3.14. The van der Waals surface area contributed by atoms with Crippen LogP contribution in [-0.4, -0.2) is 55.7 Å². The standard InChI is InChI=1S/C17H20N6O5S/c1-10(3-4-18)19-16-21-22-17(29-16)20-14(24)12-9-11(13(26-2)15(25)28-12)23-5-7-27-8-6-23/h3-4,9,18H,5-8H2,1-2H3,(H,19,21)(H,20,22,24)/b10-3-,18-4?. The first-order valence-electron chi connectivity index (χ1n) is 8.66. The molecule has 0 bridgehead atoms. The molecule has 0 aromatic carbocycles. The summed E-state index contributed by atoms with van der Waals surface area (Å²) < 4.78 is 15.6. The zero-order valence-corrected chi connectivity index (χ0v) is 16.7. The van der Waals surface area contributed by atoms with Gasteiger partial charge < -0.3 is 29.5 Å². The third kappa shape index (κ3) is 4.97. The van der Waals surface area contributed by atoms with Crippen molar-refractivity contribution >= 4 is 39.4 Å². The van der Waals surface area contributed by atoms with E-state index in [4.69, 9.17) is 19.3 Å². The molecule has 1 saturated heterocycles.